The fourth-order valence-corrected chi connectivity index (χ4v) is 1.25. The van der Waals surface area contributed by atoms with E-state index in [4.69, 9.17) is 0 Å². The molecule has 0 saturated heterocycles. The molecule has 0 unspecified atom stereocenters. The third kappa shape index (κ3) is 1.81. The SMILES string of the molecule is Ic1nc2[nH]ccc2c[nH+]1.[I-]. The Morgan fingerprint density at radius 1 is 1.55 bits per heavy atom. The minimum atomic E-state index is 0. The van der Waals surface area contributed by atoms with Crippen molar-refractivity contribution in [2.75, 3.05) is 0 Å². The summed E-state index contributed by atoms with van der Waals surface area (Å²) in [6, 6.07) is 1.98. The molecule has 0 aliphatic heterocycles. The molecule has 3 nitrogen and oxygen atoms in total. The normalized spacial score (nSPS) is 9.55. The third-order valence-corrected chi connectivity index (χ3v) is 1.87. The second-order valence-corrected chi connectivity index (χ2v) is 2.99. The molecule has 0 aliphatic rings. The lowest BCUT2D eigenvalue weighted by Gasteiger charge is -1.78. The summed E-state index contributed by atoms with van der Waals surface area (Å²) >= 11 is 2.14. The van der Waals surface area contributed by atoms with E-state index in [1.54, 1.807) is 0 Å². The van der Waals surface area contributed by atoms with Gasteiger partial charge in [-0.15, -0.1) is 0 Å². The molecule has 2 rings (SSSR count). The van der Waals surface area contributed by atoms with Crippen LogP contribution in [0.5, 0.6) is 0 Å². The van der Waals surface area contributed by atoms with Crippen molar-refractivity contribution in [3.05, 3.63) is 22.3 Å². The third-order valence-electron chi connectivity index (χ3n) is 1.31. The summed E-state index contributed by atoms with van der Waals surface area (Å²) in [5.74, 6) is 0. The first kappa shape index (κ1) is 9.17. The van der Waals surface area contributed by atoms with Crippen LogP contribution in [-0.4, -0.2) is 9.97 Å². The lowest BCUT2D eigenvalue weighted by atomic mass is 10.4. The predicted octanol–water partition coefficient (Wildman–Crippen LogP) is -2.01. The fourth-order valence-electron chi connectivity index (χ4n) is 0.854. The van der Waals surface area contributed by atoms with Crippen molar-refractivity contribution in [1.82, 2.24) is 9.97 Å². The van der Waals surface area contributed by atoms with Gasteiger partial charge in [0.25, 0.3) is 5.65 Å². The fraction of sp³-hybridized carbons (Fsp3) is 0. The lowest BCUT2D eigenvalue weighted by molar-refractivity contribution is -0.397. The van der Waals surface area contributed by atoms with Crippen LogP contribution >= 0.6 is 22.6 Å². The first-order valence-electron chi connectivity index (χ1n) is 2.87. The molecule has 5 heteroatoms. The second-order valence-electron chi connectivity index (χ2n) is 1.97. The first-order chi connectivity index (χ1) is 4.86. The highest BCUT2D eigenvalue weighted by Gasteiger charge is 2.03. The number of aromatic amines is 2. The molecule has 0 radical (unpaired) electrons. The largest absolute Gasteiger partial charge is 1.00 e. The number of halogens is 2. The van der Waals surface area contributed by atoms with Crippen LogP contribution in [0.4, 0.5) is 0 Å². The molecule has 0 saturated carbocycles. The Balaban J connectivity index is 0.000000605. The summed E-state index contributed by atoms with van der Waals surface area (Å²) < 4.78 is 0.896. The van der Waals surface area contributed by atoms with Gasteiger partial charge in [0.2, 0.25) is 0 Å². The maximum Gasteiger partial charge on any atom is 0.358 e. The predicted molar refractivity (Wildman–Crippen MR) is 45.4 cm³/mol. The van der Waals surface area contributed by atoms with Gasteiger partial charge in [0, 0.05) is 6.20 Å². The van der Waals surface area contributed by atoms with Gasteiger partial charge in [-0.25, -0.2) is 4.98 Å². The Bertz CT molecular complexity index is 357. The first-order valence-corrected chi connectivity index (χ1v) is 3.95. The average molecular weight is 373 g/mol. The number of fused-ring (bicyclic) bond motifs is 1. The van der Waals surface area contributed by atoms with Crippen molar-refractivity contribution in [2.24, 2.45) is 0 Å². The maximum atomic E-state index is 4.21. The van der Waals surface area contributed by atoms with Gasteiger partial charge in [-0.05, 0) is 11.1 Å². The van der Waals surface area contributed by atoms with E-state index in [1.165, 1.54) is 0 Å². The summed E-state index contributed by atoms with van der Waals surface area (Å²) in [5, 5.41) is 1.11. The van der Waals surface area contributed by atoms with Crippen LogP contribution in [-0.2, 0) is 0 Å². The van der Waals surface area contributed by atoms with Crippen LogP contribution in [0.2, 0.25) is 0 Å². The van der Waals surface area contributed by atoms with Gasteiger partial charge in [0.15, 0.2) is 0 Å². The highest BCUT2D eigenvalue weighted by molar-refractivity contribution is 14.1. The molecular weight excluding hydrogens is 368 g/mol. The van der Waals surface area contributed by atoms with Crippen molar-refractivity contribution in [2.45, 2.75) is 0 Å². The summed E-state index contributed by atoms with van der Waals surface area (Å²) in [6.45, 7) is 0. The average Bonchev–Trinajstić information content (AvgIpc) is 2.33. The lowest BCUT2D eigenvalue weighted by Crippen LogP contribution is -3.00. The van der Waals surface area contributed by atoms with Crippen molar-refractivity contribution in [1.29, 1.82) is 0 Å². The van der Waals surface area contributed by atoms with E-state index in [2.05, 4.69) is 37.5 Å². The molecule has 0 fully saturated rings. The van der Waals surface area contributed by atoms with E-state index in [0.717, 1.165) is 14.9 Å². The van der Waals surface area contributed by atoms with Gasteiger partial charge in [-0.2, -0.15) is 0 Å². The topological polar surface area (TPSA) is 42.8 Å². The molecular formula is C6H5I2N3. The monoisotopic (exact) mass is 373 g/mol. The van der Waals surface area contributed by atoms with Crippen LogP contribution in [0.25, 0.3) is 11.0 Å². The van der Waals surface area contributed by atoms with Gasteiger partial charge >= 0.3 is 3.83 Å². The molecule has 2 heterocycles. The van der Waals surface area contributed by atoms with Crippen molar-refractivity contribution in [3.8, 4) is 0 Å². The number of hydrogen-bond donors (Lipinski definition) is 1. The number of H-pyrrole nitrogens is 2. The standard InChI is InChI=1S/C6H4IN3.HI/c7-6-9-3-4-1-2-8-5(4)10-6;/h1-3H,(H,8,9,10);1H. The van der Waals surface area contributed by atoms with E-state index >= 15 is 0 Å². The second kappa shape index (κ2) is 3.65. The minimum absolute atomic E-state index is 0. The van der Waals surface area contributed by atoms with E-state index in [0.29, 0.717) is 0 Å². The number of rotatable bonds is 0. The number of hydrogen-bond acceptors (Lipinski definition) is 1. The molecule has 0 aromatic carbocycles. The van der Waals surface area contributed by atoms with Crippen LogP contribution < -0.4 is 29.0 Å². The smallest absolute Gasteiger partial charge is 0.358 e. The summed E-state index contributed by atoms with van der Waals surface area (Å²) in [7, 11) is 0. The van der Waals surface area contributed by atoms with Gasteiger partial charge in [0.05, 0.1) is 28.0 Å². The number of nitrogens with zero attached hydrogens (tertiary/aromatic N) is 1. The molecule has 0 bridgehead atoms. The van der Waals surface area contributed by atoms with Crippen LogP contribution in [0, 0.1) is 3.83 Å². The van der Waals surface area contributed by atoms with Crippen LogP contribution in [0.15, 0.2) is 18.5 Å². The molecule has 0 atom stereocenters. The van der Waals surface area contributed by atoms with E-state index in [-0.39, 0.29) is 24.0 Å². The zero-order chi connectivity index (χ0) is 6.97. The van der Waals surface area contributed by atoms with E-state index < -0.39 is 0 Å². The Morgan fingerprint density at radius 2 is 2.36 bits per heavy atom. The summed E-state index contributed by atoms with van der Waals surface area (Å²) in [6.07, 6.45) is 3.81. The van der Waals surface area contributed by atoms with Crippen LogP contribution in [0.3, 0.4) is 0 Å². The molecule has 2 aromatic heterocycles. The molecule has 58 valence electrons. The van der Waals surface area contributed by atoms with Crippen LogP contribution in [0.1, 0.15) is 0 Å². The highest BCUT2D eigenvalue weighted by Crippen LogP contribution is 2.05. The van der Waals surface area contributed by atoms with Gasteiger partial charge in [-0.1, -0.05) is 0 Å². The van der Waals surface area contributed by atoms with Gasteiger partial charge in [-0.3, -0.25) is 0 Å². The Hall–Kier alpha value is 0.0800. The van der Waals surface area contributed by atoms with Gasteiger partial charge in [0.1, 0.15) is 6.20 Å². The zero-order valence-corrected chi connectivity index (χ0v) is 9.75. The van der Waals surface area contributed by atoms with Crippen molar-refractivity contribution >= 4 is 33.6 Å². The maximum absolute atomic E-state index is 4.21. The summed E-state index contributed by atoms with van der Waals surface area (Å²) in [5.41, 5.74) is 0.933. The molecule has 2 aromatic rings. The van der Waals surface area contributed by atoms with E-state index in [9.17, 15) is 0 Å². The summed E-state index contributed by atoms with van der Waals surface area (Å²) in [4.78, 5) is 10.3. The van der Waals surface area contributed by atoms with E-state index in [1.807, 2.05) is 18.5 Å². The molecule has 2 N–H and O–H groups in total. The van der Waals surface area contributed by atoms with Gasteiger partial charge < -0.3 is 29.0 Å². The molecule has 0 aliphatic carbocycles. The molecule has 0 spiro atoms. The highest BCUT2D eigenvalue weighted by atomic mass is 127. The van der Waals surface area contributed by atoms with Crippen molar-refractivity contribution < 1.29 is 29.0 Å². The number of aromatic nitrogens is 3. The Morgan fingerprint density at radius 3 is 3.18 bits per heavy atom. The number of nitrogens with one attached hydrogen (secondary N) is 2. The zero-order valence-electron chi connectivity index (χ0n) is 5.44. The Kier molecular flexibility index (Phi) is 3.05. The Labute approximate surface area is 94.2 Å². The van der Waals surface area contributed by atoms with Crippen molar-refractivity contribution in [3.63, 3.8) is 0 Å². The molecule has 0 amide bonds. The quantitative estimate of drug-likeness (QED) is 0.421. The molecule has 11 heavy (non-hydrogen) atoms. The minimum Gasteiger partial charge on any atom is -1.00 e.